The average Bonchev–Trinajstić information content (AvgIpc) is 2.75. The number of furan rings is 1. The summed E-state index contributed by atoms with van der Waals surface area (Å²) in [5.74, 6) is 0.348. The van der Waals surface area contributed by atoms with Gasteiger partial charge in [0.1, 0.15) is 0 Å². The minimum atomic E-state index is -0.283. The van der Waals surface area contributed by atoms with Gasteiger partial charge in [-0.3, -0.25) is 9.18 Å². The highest BCUT2D eigenvalue weighted by Gasteiger charge is 2.25. The van der Waals surface area contributed by atoms with E-state index in [9.17, 15) is 9.18 Å². The van der Waals surface area contributed by atoms with Crippen molar-refractivity contribution in [2.75, 3.05) is 19.8 Å². The first-order chi connectivity index (χ1) is 7.70. The predicted octanol–water partition coefficient (Wildman–Crippen LogP) is 2.86. The highest BCUT2D eigenvalue weighted by Crippen LogP contribution is 2.21. The molecule has 3 nitrogen and oxygen atoms in total. The van der Waals surface area contributed by atoms with Crippen LogP contribution in [-0.4, -0.2) is 30.6 Å². The normalized spacial score (nSPS) is 17.8. The van der Waals surface area contributed by atoms with Gasteiger partial charge in [-0.05, 0) is 46.8 Å². The minimum absolute atomic E-state index is 0.108. The molecule has 1 saturated heterocycles. The molecule has 1 amide bonds. The van der Waals surface area contributed by atoms with E-state index in [0.717, 1.165) is 12.8 Å². The van der Waals surface area contributed by atoms with Crippen LogP contribution in [0.15, 0.2) is 21.2 Å². The van der Waals surface area contributed by atoms with Gasteiger partial charge in [-0.2, -0.15) is 0 Å². The number of halogens is 2. The molecule has 1 fully saturated rings. The number of piperidine rings is 1. The predicted molar refractivity (Wildman–Crippen MR) is 61.0 cm³/mol. The van der Waals surface area contributed by atoms with Gasteiger partial charge in [-0.25, -0.2) is 0 Å². The van der Waals surface area contributed by atoms with Crippen molar-refractivity contribution in [1.29, 1.82) is 0 Å². The van der Waals surface area contributed by atoms with Crippen molar-refractivity contribution in [3.63, 3.8) is 0 Å². The van der Waals surface area contributed by atoms with Gasteiger partial charge in [0.15, 0.2) is 10.4 Å². The molecular weight excluding hydrogens is 277 g/mol. The number of nitrogens with zero attached hydrogens (tertiary/aromatic N) is 1. The Hall–Kier alpha value is -0.840. The Kier molecular flexibility index (Phi) is 3.63. The molecule has 2 heterocycles. The van der Waals surface area contributed by atoms with Crippen LogP contribution in [0.3, 0.4) is 0 Å². The lowest BCUT2D eigenvalue weighted by Gasteiger charge is -2.30. The summed E-state index contributed by atoms with van der Waals surface area (Å²) in [6.07, 6.45) is 1.48. The zero-order chi connectivity index (χ0) is 11.5. The lowest BCUT2D eigenvalue weighted by molar-refractivity contribution is 0.0644. The summed E-state index contributed by atoms with van der Waals surface area (Å²) in [4.78, 5) is 13.6. The second-order valence-electron chi connectivity index (χ2n) is 3.99. The van der Waals surface area contributed by atoms with E-state index in [0.29, 0.717) is 23.5 Å². The summed E-state index contributed by atoms with van der Waals surface area (Å²) in [6, 6.07) is 3.34. The van der Waals surface area contributed by atoms with Crippen LogP contribution in [0, 0.1) is 5.92 Å². The Morgan fingerprint density at radius 3 is 2.69 bits per heavy atom. The smallest absolute Gasteiger partial charge is 0.289 e. The Balaban J connectivity index is 1.96. The highest BCUT2D eigenvalue weighted by atomic mass is 79.9. The maximum absolute atomic E-state index is 12.4. The van der Waals surface area contributed by atoms with Gasteiger partial charge in [0.25, 0.3) is 5.91 Å². The summed E-state index contributed by atoms with van der Waals surface area (Å²) >= 11 is 3.16. The molecule has 0 radical (unpaired) electrons. The van der Waals surface area contributed by atoms with E-state index in [-0.39, 0.29) is 18.5 Å². The van der Waals surface area contributed by atoms with Crippen LogP contribution in [-0.2, 0) is 0 Å². The topological polar surface area (TPSA) is 33.5 Å². The second kappa shape index (κ2) is 4.99. The average molecular weight is 290 g/mol. The van der Waals surface area contributed by atoms with Gasteiger partial charge in [0.2, 0.25) is 0 Å². The first-order valence-corrected chi connectivity index (χ1v) is 6.10. The molecule has 0 aliphatic carbocycles. The molecule has 0 unspecified atom stereocenters. The van der Waals surface area contributed by atoms with Crippen LogP contribution < -0.4 is 0 Å². The number of alkyl halides is 1. The van der Waals surface area contributed by atoms with Crippen molar-refractivity contribution in [2.24, 2.45) is 5.92 Å². The second-order valence-corrected chi connectivity index (χ2v) is 4.78. The first kappa shape index (κ1) is 11.6. The molecule has 1 aromatic rings. The first-order valence-electron chi connectivity index (χ1n) is 5.31. The van der Waals surface area contributed by atoms with Crippen LogP contribution in [0.2, 0.25) is 0 Å². The molecule has 1 aromatic heterocycles. The third-order valence-electron chi connectivity index (χ3n) is 2.90. The number of likely N-dealkylation sites (tertiary alicyclic amines) is 1. The van der Waals surface area contributed by atoms with Gasteiger partial charge < -0.3 is 9.32 Å². The number of hydrogen-bond donors (Lipinski definition) is 0. The Morgan fingerprint density at radius 1 is 1.50 bits per heavy atom. The fourth-order valence-electron chi connectivity index (χ4n) is 1.88. The maximum atomic E-state index is 12.4. The summed E-state index contributed by atoms with van der Waals surface area (Å²) in [6.45, 7) is 0.950. The standard InChI is InChI=1S/C11H13BrFNO2/c12-10-2-1-9(16-10)11(15)14-5-3-8(7-13)4-6-14/h1-2,8H,3-7H2. The summed E-state index contributed by atoms with van der Waals surface area (Å²) in [5, 5.41) is 0. The molecule has 0 bridgehead atoms. The SMILES string of the molecule is O=C(c1ccc(Br)o1)N1CCC(CF)CC1. The van der Waals surface area contributed by atoms with E-state index >= 15 is 0 Å². The van der Waals surface area contributed by atoms with Crippen LogP contribution in [0.5, 0.6) is 0 Å². The molecule has 0 aromatic carbocycles. The Labute approximate surface area is 102 Å². The van der Waals surface area contributed by atoms with Crippen LogP contribution >= 0.6 is 15.9 Å². The van der Waals surface area contributed by atoms with Gasteiger partial charge >= 0.3 is 0 Å². The monoisotopic (exact) mass is 289 g/mol. The molecule has 0 atom stereocenters. The molecule has 16 heavy (non-hydrogen) atoms. The van der Waals surface area contributed by atoms with Gasteiger partial charge in [0.05, 0.1) is 6.67 Å². The minimum Gasteiger partial charge on any atom is -0.444 e. The molecule has 2 rings (SSSR count). The lowest BCUT2D eigenvalue weighted by Crippen LogP contribution is -2.38. The third kappa shape index (κ3) is 2.45. The Bertz CT molecular complexity index is 372. The maximum Gasteiger partial charge on any atom is 0.289 e. The number of hydrogen-bond acceptors (Lipinski definition) is 2. The molecule has 0 spiro atoms. The van der Waals surface area contributed by atoms with E-state index in [1.165, 1.54) is 0 Å². The van der Waals surface area contributed by atoms with E-state index in [2.05, 4.69) is 15.9 Å². The molecule has 88 valence electrons. The van der Waals surface area contributed by atoms with Crippen molar-refractivity contribution >= 4 is 21.8 Å². The van der Waals surface area contributed by atoms with Crippen molar-refractivity contribution in [2.45, 2.75) is 12.8 Å². The quantitative estimate of drug-likeness (QED) is 0.839. The number of carbonyl (C=O) groups excluding carboxylic acids is 1. The molecule has 1 aliphatic heterocycles. The fraction of sp³-hybridized carbons (Fsp3) is 0.545. The Morgan fingerprint density at radius 2 is 2.19 bits per heavy atom. The third-order valence-corrected chi connectivity index (χ3v) is 3.33. The van der Waals surface area contributed by atoms with Crippen molar-refractivity contribution < 1.29 is 13.6 Å². The van der Waals surface area contributed by atoms with Crippen molar-refractivity contribution in [3.8, 4) is 0 Å². The van der Waals surface area contributed by atoms with Gasteiger partial charge in [-0.15, -0.1) is 0 Å². The van der Waals surface area contributed by atoms with Crippen LogP contribution in [0.25, 0.3) is 0 Å². The zero-order valence-corrected chi connectivity index (χ0v) is 10.4. The molecule has 1 aliphatic rings. The van der Waals surface area contributed by atoms with E-state index in [1.54, 1.807) is 17.0 Å². The van der Waals surface area contributed by atoms with E-state index in [1.807, 2.05) is 0 Å². The van der Waals surface area contributed by atoms with Crippen molar-refractivity contribution in [3.05, 3.63) is 22.6 Å². The summed E-state index contributed by atoms with van der Waals surface area (Å²) in [7, 11) is 0. The van der Waals surface area contributed by atoms with Gasteiger partial charge in [-0.1, -0.05) is 0 Å². The van der Waals surface area contributed by atoms with Crippen molar-refractivity contribution in [1.82, 2.24) is 4.90 Å². The molecular formula is C11H13BrFNO2. The molecule has 0 N–H and O–H groups in total. The summed E-state index contributed by atoms with van der Waals surface area (Å²) < 4.78 is 18.2. The fourth-order valence-corrected chi connectivity index (χ4v) is 2.18. The largest absolute Gasteiger partial charge is 0.444 e. The van der Waals surface area contributed by atoms with E-state index in [4.69, 9.17) is 4.42 Å². The zero-order valence-electron chi connectivity index (χ0n) is 8.79. The summed E-state index contributed by atoms with van der Waals surface area (Å²) in [5.41, 5.74) is 0. The van der Waals surface area contributed by atoms with Crippen LogP contribution in [0.4, 0.5) is 4.39 Å². The van der Waals surface area contributed by atoms with E-state index < -0.39 is 0 Å². The highest BCUT2D eigenvalue weighted by molar-refractivity contribution is 9.10. The lowest BCUT2D eigenvalue weighted by atomic mass is 9.98. The molecule has 0 saturated carbocycles. The van der Waals surface area contributed by atoms with Gasteiger partial charge in [0, 0.05) is 13.1 Å². The number of carbonyl (C=O) groups is 1. The van der Waals surface area contributed by atoms with Crippen LogP contribution in [0.1, 0.15) is 23.4 Å². The number of amides is 1. The number of rotatable bonds is 2. The molecule has 5 heteroatoms.